The minimum Gasteiger partial charge on any atom is -0.383 e. The van der Waals surface area contributed by atoms with Gasteiger partial charge in [0.2, 0.25) is 5.91 Å². The summed E-state index contributed by atoms with van der Waals surface area (Å²) < 4.78 is 5.21. The van der Waals surface area contributed by atoms with Crippen LogP contribution in [0.3, 0.4) is 0 Å². The highest BCUT2D eigenvalue weighted by molar-refractivity contribution is 5.97. The van der Waals surface area contributed by atoms with E-state index in [9.17, 15) is 19.7 Å². The molecule has 1 heterocycles. The lowest BCUT2D eigenvalue weighted by molar-refractivity contribution is -0.385. The number of nitro benzene ring substituents is 1. The van der Waals surface area contributed by atoms with Gasteiger partial charge in [0, 0.05) is 80.8 Å². The number of nitro groups is 1. The Labute approximate surface area is 245 Å². The van der Waals surface area contributed by atoms with E-state index >= 15 is 0 Å². The molecule has 0 atom stereocenters. The first-order chi connectivity index (χ1) is 20.2. The van der Waals surface area contributed by atoms with Crippen LogP contribution in [0.2, 0.25) is 0 Å². The van der Waals surface area contributed by atoms with E-state index in [2.05, 4.69) is 11.1 Å². The number of nitrogens with one attached hydrogen (secondary N) is 1. The van der Waals surface area contributed by atoms with Crippen LogP contribution >= 0.6 is 0 Å². The third-order valence-corrected chi connectivity index (χ3v) is 7.34. The topological polar surface area (TPSA) is 112 Å². The molecule has 10 heteroatoms. The van der Waals surface area contributed by atoms with E-state index in [4.69, 9.17) is 4.74 Å². The summed E-state index contributed by atoms with van der Waals surface area (Å²) in [6, 6.07) is 20.4. The van der Waals surface area contributed by atoms with Crippen LogP contribution in [0.15, 0.2) is 72.9 Å². The first-order valence-electron chi connectivity index (χ1n) is 13.8. The van der Waals surface area contributed by atoms with Crippen molar-refractivity contribution in [3.05, 3.63) is 105 Å². The van der Waals surface area contributed by atoms with Gasteiger partial charge in [0.15, 0.2) is 0 Å². The van der Waals surface area contributed by atoms with Gasteiger partial charge in [-0.15, -0.1) is 0 Å². The Morgan fingerprint density at radius 1 is 0.976 bits per heavy atom. The van der Waals surface area contributed by atoms with Gasteiger partial charge in [-0.25, -0.2) is 0 Å². The SMILES string of the molecule is COCCN(CC(=O)N(CCc1c[nH]c2ccccc12)Cc1ccc(N(C)C)cc1)C(=O)c1ccc(C)c([N+](=O)[O-])c1. The van der Waals surface area contributed by atoms with Gasteiger partial charge in [0.1, 0.15) is 6.54 Å². The number of amides is 2. The highest BCUT2D eigenvalue weighted by Crippen LogP contribution is 2.22. The number of hydrogen-bond donors (Lipinski definition) is 1. The molecule has 0 unspecified atom stereocenters. The molecule has 0 aliphatic heterocycles. The van der Waals surface area contributed by atoms with Crippen LogP contribution in [-0.2, 0) is 22.5 Å². The smallest absolute Gasteiger partial charge is 0.273 e. The molecule has 10 nitrogen and oxygen atoms in total. The number of carbonyl (C=O) groups excluding carboxylic acids is 2. The molecule has 0 saturated carbocycles. The van der Waals surface area contributed by atoms with E-state index in [-0.39, 0.29) is 36.9 Å². The van der Waals surface area contributed by atoms with Crippen LogP contribution in [0.5, 0.6) is 0 Å². The number of aromatic amines is 1. The molecule has 1 aromatic heterocycles. The van der Waals surface area contributed by atoms with Gasteiger partial charge in [-0.05, 0) is 48.7 Å². The van der Waals surface area contributed by atoms with Crippen LogP contribution in [-0.4, -0.2) is 79.0 Å². The molecule has 1 N–H and O–H groups in total. The zero-order valence-corrected chi connectivity index (χ0v) is 24.5. The van der Waals surface area contributed by atoms with Gasteiger partial charge in [-0.3, -0.25) is 19.7 Å². The van der Waals surface area contributed by atoms with Crippen LogP contribution < -0.4 is 4.90 Å². The Balaban J connectivity index is 1.58. The summed E-state index contributed by atoms with van der Waals surface area (Å²) in [6.07, 6.45) is 2.60. The van der Waals surface area contributed by atoms with Crippen molar-refractivity contribution in [2.45, 2.75) is 19.9 Å². The highest BCUT2D eigenvalue weighted by Gasteiger charge is 2.25. The normalized spacial score (nSPS) is 11.0. The molecule has 4 aromatic rings. The van der Waals surface area contributed by atoms with Crippen LogP contribution in [0.25, 0.3) is 10.9 Å². The number of anilines is 1. The predicted octanol–water partition coefficient (Wildman–Crippen LogP) is 4.81. The summed E-state index contributed by atoms with van der Waals surface area (Å²) in [4.78, 5) is 46.8. The molecule has 0 fully saturated rings. The van der Waals surface area contributed by atoms with Crippen molar-refractivity contribution in [2.24, 2.45) is 0 Å². The molecule has 0 aliphatic carbocycles. The fourth-order valence-corrected chi connectivity index (χ4v) is 4.84. The van der Waals surface area contributed by atoms with E-state index in [1.807, 2.05) is 67.7 Å². The van der Waals surface area contributed by atoms with E-state index in [1.54, 1.807) is 24.0 Å². The lowest BCUT2D eigenvalue weighted by Gasteiger charge is -2.28. The Morgan fingerprint density at radius 3 is 2.40 bits per heavy atom. The predicted molar refractivity (Wildman–Crippen MR) is 164 cm³/mol. The van der Waals surface area contributed by atoms with Crippen molar-refractivity contribution in [1.29, 1.82) is 0 Å². The molecule has 220 valence electrons. The summed E-state index contributed by atoms with van der Waals surface area (Å²) in [5.41, 5.74) is 4.63. The molecule has 2 amide bonds. The number of H-pyrrole nitrogens is 1. The molecule has 0 saturated heterocycles. The molecule has 0 radical (unpaired) electrons. The molecular formula is C32H37N5O5. The Morgan fingerprint density at radius 2 is 1.71 bits per heavy atom. The van der Waals surface area contributed by atoms with E-state index in [0.29, 0.717) is 25.1 Å². The lowest BCUT2D eigenvalue weighted by Crippen LogP contribution is -2.44. The minimum atomic E-state index is -0.509. The number of aromatic nitrogens is 1. The van der Waals surface area contributed by atoms with Crippen molar-refractivity contribution in [3.8, 4) is 0 Å². The lowest BCUT2D eigenvalue weighted by atomic mass is 10.1. The van der Waals surface area contributed by atoms with E-state index < -0.39 is 10.8 Å². The summed E-state index contributed by atoms with van der Waals surface area (Å²) in [7, 11) is 5.46. The minimum absolute atomic E-state index is 0.139. The zero-order chi connectivity index (χ0) is 30.2. The van der Waals surface area contributed by atoms with Crippen molar-refractivity contribution in [2.75, 3.05) is 52.3 Å². The number of nitrogens with zero attached hydrogens (tertiary/aromatic N) is 4. The number of para-hydroxylation sites is 1. The second kappa shape index (κ2) is 13.8. The maximum Gasteiger partial charge on any atom is 0.273 e. The first kappa shape index (κ1) is 30.3. The molecule has 42 heavy (non-hydrogen) atoms. The fraction of sp³-hybridized carbons (Fsp3) is 0.312. The number of hydrogen-bond acceptors (Lipinski definition) is 6. The van der Waals surface area contributed by atoms with E-state index in [1.165, 1.54) is 18.1 Å². The van der Waals surface area contributed by atoms with Gasteiger partial charge >= 0.3 is 0 Å². The average Bonchev–Trinajstić information content (AvgIpc) is 3.40. The summed E-state index contributed by atoms with van der Waals surface area (Å²) in [5.74, 6) is -0.687. The molecule has 0 spiro atoms. The average molecular weight is 572 g/mol. The van der Waals surface area contributed by atoms with Crippen LogP contribution in [0.4, 0.5) is 11.4 Å². The van der Waals surface area contributed by atoms with Gasteiger partial charge < -0.3 is 24.4 Å². The first-order valence-corrected chi connectivity index (χ1v) is 13.8. The van der Waals surface area contributed by atoms with Crippen molar-refractivity contribution in [1.82, 2.24) is 14.8 Å². The largest absolute Gasteiger partial charge is 0.383 e. The van der Waals surface area contributed by atoms with Crippen molar-refractivity contribution < 1.29 is 19.2 Å². The standard InChI is InChI=1S/C32H37N5O5/c1-23-9-12-25(19-30(23)37(40)41)32(39)36(17-18-42-4)22-31(38)35(21-24-10-13-27(14-11-24)34(2)3)16-15-26-20-33-29-8-6-5-7-28(26)29/h5-14,19-20,33H,15-18,21-22H2,1-4H3. The van der Waals surface area contributed by atoms with Gasteiger partial charge in [-0.1, -0.05) is 36.4 Å². The summed E-state index contributed by atoms with van der Waals surface area (Å²) >= 11 is 0. The number of rotatable bonds is 13. The maximum absolute atomic E-state index is 13.9. The highest BCUT2D eigenvalue weighted by atomic mass is 16.6. The van der Waals surface area contributed by atoms with Crippen molar-refractivity contribution >= 4 is 34.1 Å². The second-order valence-electron chi connectivity index (χ2n) is 10.5. The van der Waals surface area contributed by atoms with Gasteiger partial charge in [-0.2, -0.15) is 0 Å². The number of fused-ring (bicyclic) bond motifs is 1. The molecular weight excluding hydrogens is 534 g/mol. The maximum atomic E-state index is 13.9. The number of carbonyl (C=O) groups is 2. The number of benzene rings is 3. The fourth-order valence-electron chi connectivity index (χ4n) is 4.84. The Hall–Kier alpha value is -4.70. The third kappa shape index (κ3) is 7.32. The molecule has 4 rings (SSSR count). The quantitative estimate of drug-likeness (QED) is 0.182. The van der Waals surface area contributed by atoms with Crippen molar-refractivity contribution in [3.63, 3.8) is 0 Å². The second-order valence-corrected chi connectivity index (χ2v) is 10.5. The van der Waals surface area contributed by atoms with E-state index in [0.717, 1.165) is 27.7 Å². The number of ether oxygens (including phenoxy) is 1. The van der Waals surface area contributed by atoms with Gasteiger partial charge in [0.25, 0.3) is 11.6 Å². The monoisotopic (exact) mass is 571 g/mol. The molecule has 0 bridgehead atoms. The van der Waals surface area contributed by atoms with Gasteiger partial charge in [0.05, 0.1) is 11.5 Å². The summed E-state index contributed by atoms with van der Waals surface area (Å²) in [5, 5.41) is 12.6. The number of methoxy groups -OCH3 is 1. The Kier molecular flexibility index (Phi) is 9.93. The van der Waals surface area contributed by atoms with Crippen LogP contribution in [0, 0.1) is 17.0 Å². The summed E-state index contributed by atoms with van der Waals surface area (Å²) in [6.45, 7) is 2.63. The Bertz CT molecular complexity index is 1550. The van der Waals surface area contributed by atoms with Crippen LogP contribution in [0.1, 0.15) is 27.0 Å². The zero-order valence-electron chi connectivity index (χ0n) is 24.5. The number of aryl methyl sites for hydroxylation is 1. The third-order valence-electron chi connectivity index (χ3n) is 7.34. The molecule has 3 aromatic carbocycles. The molecule has 0 aliphatic rings.